The fourth-order valence-corrected chi connectivity index (χ4v) is 18.1. The lowest BCUT2D eigenvalue weighted by atomic mass is 9.67. The minimum atomic E-state index is -2.70. The van der Waals surface area contributed by atoms with Gasteiger partial charge < -0.3 is 9.13 Å². The van der Waals surface area contributed by atoms with Crippen molar-refractivity contribution in [2.24, 2.45) is 0 Å². The molecule has 0 saturated heterocycles. The van der Waals surface area contributed by atoms with Gasteiger partial charge in [0.05, 0.1) is 27.5 Å². The van der Waals surface area contributed by atoms with E-state index >= 15 is 0 Å². The molecule has 356 valence electrons. The molecule has 0 saturated carbocycles. The molecule has 0 radical (unpaired) electrons. The molecule has 2 aromatic heterocycles. The van der Waals surface area contributed by atoms with Gasteiger partial charge in [0.2, 0.25) is 0 Å². The van der Waals surface area contributed by atoms with Gasteiger partial charge in [0.15, 0.2) is 8.07 Å². The Morgan fingerprint density at radius 2 is 0.671 bits per heavy atom. The third-order valence-corrected chi connectivity index (χ3v) is 21.4. The predicted molar refractivity (Wildman–Crippen MR) is 321 cm³/mol. The van der Waals surface area contributed by atoms with Crippen molar-refractivity contribution in [1.29, 1.82) is 0 Å². The van der Waals surface area contributed by atoms with E-state index in [2.05, 4.69) is 312 Å². The number of nitrogens with zero attached hydrogens (tertiary/aromatic N) is 2. The molecule has 0 N–H and O–H groups in total. The molecule has 1 aliphatic carbocycles. The summed E-state index contributed by atoms with van der Waals surface area (Å²) in [4.78, 5) is 0. The molecular weight excluding hydrogens is 933 g/mol. The van der Waals surface area contributed by atoms with Gasteiger partial charge in [-0.15, -0.1) is 0 Å². The first-order valence-electron chi connectivity index (χ1n) is 26.4. The lowest BCUT2D eigenvalue weighted by Crippen LogP contribution is -2.74. The van der Waals surface area contributed by atoms with Crippen LogP contribution in [0.4, 0.5) is 0 Å². The molecule has 2 heterocycles. The summed E-state index contributed by atoms with van der Waals surface area (Å²) in [6, 6.07) is 113. The topological polar surface area (TPSA) is 9.86 Å². The van der Waals surface area contributed by atoms with Crippen molar-refractivity contribution in [2.75, 3.05) is 0 Å². The maximum Gasteiger partial charge on any atom is 0.179 e. The van der Waals surface area contributed by atoms with Crippen molar-refractivity contribution >= 4 is 72.4 Å². The third-order valence-electron chi connectivity index (χ3n) is 16.6. The minimum absolute atomic E-state index is 0.429. The van der Waals surface area contributed by atoms with Gasteiger partial charge in [0.1, 0.15) is 0 Å². The van der Waals surface area contributed by atoms with E-state index in [1.54, 1.807) is 0 Å². The van der Waals surface area contributed by atoms with E-state index in [0.717, 1.165) is 11.4 Å². The second-order valence-corrected chi connectivity index (χ2v) is 24.1. The Kier molecular flexibility index (Phi) is 10.2. The molecule has 15 rings (SSSR count). The number of hydrogen-bond acceptors (Lipinski definition) is 0. The van der Waals surface area contributed by atoms with Crippen LogP contribution >= 0.6 is 0 Å². The standard InChI is InChI=1S/C73H50N2Si/c1-6-22-53(23-7-1)73(54-24-8-2-9-25-54)67-35-19-16-32-61(67)65-48-51(38-46-68(65)73)52-39-47-71-66(49-52)63-34-18-21-37-70(63)75(71)56-42-45-64-62-33-17-20-36-69(62)74(72(64)50-56)55-40-43-60(44-41-55)76(57-26-10-3-11-27-57,58-28-12-4-13-29-58)59-30-14-5-15-31-59/h1-50H. The quantitative estimate of drug-likeness (QED) is 0.101. The van der Waals surface area contributed by atoms with Gasteiger partial charge in [0.25, 0.3) is 0 Å². The Morgan fingerprint density at radius 3 is 1.28 bits per heavy atom. The van der Waals surface area contributed by atoms with Crippen LogP contribution in [-0.4, -0.2) is 17.2 Å². The molecule has 14 aromatic rings. The first-order valence-corrected chi connectivity index (χ1v) is 28.4. The summed E-state index contributed by atoms with van der Waals surface area (Å²) in [5.41, 5.74) is 16.7. The van der Waals surface area contributed by atoms with Crippen LogP contribution in [0, 0.1) is 0 Å². The van der Waals surface area contributed by atoms with Crippen LogP contribution in [0.3, 0.4) is 0 Å². The van der Waals surface area contributed by atoms with Crippen molar-refractivity contribution in [1.82, 2.24) is 9.13 Å². The van der Waals surface area contributed by atoms with Crippen LogP contribution < -0.4 is 20.7 Å². The molecule has 0 amide bonds. The van der Waals surface area contributed by atoms with E-state index < -0.39 is 13.5 Å². The zero-order valence-electron chi connectivity index (χ0n) is 41.8. The lowest BCUT2D eigenvalue weighted by molar-refractivity contribution is 0.768. The van der Waals surface area contributed by atoms with Gasteiger partial charge in [-0.05, 0) is 120 Å². The molecule has 0 unspecified atom stereocenters. The highest BCUT2D eigenvalue weighted by atomic mass is 28.3. The molecule has 0 spiro atoms. The molecule has 3 heteroatoms. The van der Waals surface area contributed by atoms with Crippen molar-refractivity contribution in [3.05, 3.63) is 326 Å². The fourth-order valence-electron chi connectivity index (χ4n) is 13.4. The van der Waals surface area contributed by atoms with Crippen LogP contribution in [0.1, 0.15) is 22.3 Å². The Labute approximate surface area is 443 Å². The van der Waals surface area contributed by atoms with Gasteiger partial charge in [-0.25, -0.2) is 0 Å². The molecule has 0 aliphatic heterocycles. The Morgan fingerprint density at radius 1 is 0.250 bits per heavy atom. The SMILES string of the molecule is c1ccc(C2(c3ccccc3)c3ccccc3-c3cc(-c4ccc5c(c4)c4ccccc4n5-c4ccc5c6ccccc6n(-c6ccc([Si](c7ccccc7)(c7ccccc7)c7ccccc7)cc6)c5c4)ccc32)cc1. The van der Waals surface area contributed by atoms with Crippen molar-refractivity contribution in [2.45, 2.75) is 5.41 Å². The number of fused-ring (bicyclic) bond motifs is 9. The van der Waals surface area contributed by atoms with Crippen LogP contribution in [-0.2, 0) is 5.41 Å². The third kappa shape index (κ3) is 6.46. The fraction of sp³-hybridized carbons (Fsp3) is 0.0137. The summed E-state index contributed by atoms with van der Waals surface area (Å²) >= 11 is 0. The second kappa shape index (κ2) is 17.6. The van der Waals surface area contributed by atoms with Crippen LogP contribution in [0.15, 0.2) is 303 Å². The number of para-hydroxylation sites is 2. The monoisotopic (exact) mass is 982 g/mol. The van der Waals surface area contributed by atoms with Crippen LogP contribution in [0.2, 0.25) is 0 Å². The van der Waals surface area contributed by atoms with Gasteiger partial charge in [-0.1, -0.05) is 249 Å². The van der Waals surface area contributed by atoms with Crippen molar-refractivity contribution < 1.29 is 0 Å². The van der Waals surface area contributed by atoms with Crippen molar-refractivity contribution in [3.8, 4) is 33.6 Å². The summed E-state index contributed by atoms with van der Waals surface area (Å²) in [7, 11) is -2.70. The summed E-state index contributed by atoms with van der Waals surface area (Å²) in [5, 5.41) is 10.4. The molecular formula is C73H50N2Si. The predicted octanol–water partition coefficient (Wildman–Crippen LogP) is 15.3. The summed E-state index contributed by atoms with van der Waals surface area (Å²) in [6.07, 6.45) is 0. The largest absolute Gasteiger partial charge is 0.309 e. The summed E-state index contributed by atoms with van der Waals surface area (Å²) in [5.74, 6) is 0. The first kappa shape index (κ1) is 44.0. The molecule has 2 nitrogen and oxygen atoms in total. The highest BCUT2D eigenvalue weighted by Gasteiger charge is 2.46. The molecule has 0 bridgehead atoms. The van der Waals surface area contributed by atoms with E-state index in [1.165, 1.54) is 109 Å². The summed E-state index contributed by atoms with van der Waals surface area (Å²) in [6.45, 7) is 0. The van der Waals surface area contributed by atoms with Gasteiger partial charge in [0, 0.05) is 32.9 Å². The highest BCUT2D eigenvalue weighted by Crippen LogP contribution is 2.56. The van der Waals surface area contributed by atoms with E-state index in [-0.39, 0.29) is 0 Å². The molecule has 0 fully saturated rings. The number of benzene rings is 12. The maximum atomic E-state index is 2.47. The van der Waals surface area contributed by atoms with E-state index in [1.807, 2.05) is 0 Å². The van der Waals surface area contributed by atoms with E-state index in [0.29, 0.717) is 0 Å². The Hall–Kier alpha value is -9.54. The Bertz CT molecular complexity index is 4350. The molecule has 76 heavy (non-hydrogen) atoms. The smallest absolute Gasteiger partial charge is 0.179 e. The Balaban J connectivity index is 0.873. The number of hydrogen-bond donors (Lipinski definition) is 0. The molecule has 1 aliphatic rings. The summed E-state index contributed by atoms with van der Waals surface area (Å²) < 4.78 is 4.93. The molecule has 12 aromatic carbocycles. The first-order chi connectivity index (χ1) is 37.7. The average Bonchev–Trinajstić information content (AvgIpc) is 4.17. The van der Waals surface area contributed by atoms with Crippen LogP contribution in [0.25, 0.3) is 77.2 Å². The number of aromatic nitrogens is 2. The van der Waals surface area contributed by atoms with E-state index in [9.17, 15) is 0 Å². The van der Waals surface area contributed by atoms with Crippen molar-refractivity contribution in [3.63, 3.8) is 0 Å². The zero-order valence-corrected chi connectivity index (χ0v) is 42.8. The van der Waals surface area contributed by atoms with Gasteiger partial charge >= 0.3 is 0 Å². The maximum absolute atomic E-state index is 2.70. The minimum Gasteiger partial charge on any atom is -0.309 e. The zero-order chi connectivity index (χ0) is 50.2. The average molecular weight is 983 g/mol. The van der Waals surface area contributed by atoms with E-state index in [4.69, 9.17) is 0 Å². The lowest BCUT2D eigenvalue weighted by Gasteiger charge is -2.34. The van der Waals surface area contributed by atoms with Gasteiger partial charge in [-0.3, -0.25) is 0 Å². The normalized spacial score (nSPS) is 12.8. The highest BCUT2D eigenvalue weighted by molar-refractivity contribution is 7.19. The van der Waals surface area contributed by atoms with Crippen LogP contribution in [0.5, 0.6) is 0 Å². The number of rotatable bonds is 9. The second-order valence-electron chi connectivity index (χ2n) is 20.3. The molecule has 0 atom stereocenters. The van der Waals surface area contributed by atoms with Gasteiger partial charge in [-0.2, -0.15) is 0 Å².